The predicted octanol–water partition coefficient (Wildman–Crippen LogP) is 2.25. The second kappa shape index (κ2) is 7.30. The van der Waals surface area contributed by atoms with Crippen LogP contribution in [0.5, 0.6) is 5.75 Å². The second-order valence-electron chi connectivity index (χ2n) is 4.54. The standard InChI is InChI=1S/C14H24N2O/c1-12(5-4-10-15)16(2)11-13-6-8-14(17-3)9-7-13/h6-9,12H,4-5,10-11,15H2,1-3H3. The SMILES string of the molecule is COc1ccc(CN(C)C(C)CCCN)cc1. The van der Waals surface area contributed by atoms with E-state index in [9.17, 15) is 0 Å². The average molecular weight is 236 g/mol. The summed E-state index contributed by atoms with van der Waals surface area (Å²) in [6, 6.07) is 8.82. The van der Waals surface area contributed by atoms with Crippen LogP contribution in [0.1, 0.15) is 25.3 Å². The van der Waals surface area contributed by atoms with Gasteiger partial charge in [0.1, 0.15) is 5.75 Å². The Morgan fingerprint density at radius 1 is 1.29 bits per heavy atom. The molecule has 0 amide bonds. The van der Waals surface area contributed by atoms with Crippen LogP contribution >= 0.6 is 0 Å². The van der Waals surface area contributed by atoms with Gasteiger partial charge in [-0.2, -0.15) is 0 Å². The van der Waals surface area contributed by atoms with Gasteiger partial charge in [0, 0.05) is 12.6 Å². The lowest BCUT2D eigenvalue weighted by atomic mass is 10.1. The molecule has 1 rings (SSSR count). The van der Waals surface area contributed by atoms with Gasteiger partial charge < -0.3 is 10.5 Å². The fraction of sp³-hybridized carbons (Fsp3) is 0.571. The molecule has 96 valence electrons. The minimum atomic E-state index is 0.570. The van der Waals surface area contributed by atoms with Gasteiger partial charge in [0.05, 0.1) is 7.11 Å². The molecule has 0 saturated heterocycles. The van der Waals surface area contributed by atoms with Crippen LogP contribution in [0.2, 0.25) is 0 Å². The maximum atomic E-state index is 5.53. The van der Waals surface area contributed by atoms with E-state index >= 15 is 0 Å². The fourth-order valence-corrected chi connectivity index (χ4v) is 1.81. The minimum absolute atomic E-state index is 0.570. The Bertz CT molecular complexity index is 311. The van der Waals surface area contributed by atoms with Crippen molar-refractivity contribution in [1.29, 1.82) is 0 Å². The Labute approximate surface area is 105 Å². The number of benzene rings is 1. The summed E-state index contributed by atoms with van der Waals surface area (Å²) in [5.41, 5.74) is 6.84. The number of methoxy groups -OCH3 is 1. The molecule has 0 aliphatic carbocycles. The monoisotopic (exact) mass is 236 g/mol. The zero-order valence-corrected chi connectivity index (χ0v) is 11.1. The molecule has 2 N–H and O–H groups in total. The van der Waals surface area contributed by atoms with Gasteiger partial charge in [-0.3, -0.25) is 4.90 Å². The van der Waals surface area contributed by atoms with Gasteiger partial charge in [-0.1, -0.05) is 12.1 Å². The largest absolute Gasteiger partial charge is 0.497 e. The quantitative estimate of drug-likeness (QED) is 0.789. The van der Waals surface area contributed by atoms with E-state index in [-0.39, 0.29) is 0 Å². The minimum Gasteiger partial charge on any atom is -0.497 e. The highest BCUT2D eigenvalue weighted by Crippen LogP contribution is 2.14. The highest BCUT2D eigenvalue weighted by molar-refractivity contribution is 5.27. The first kappa shape index (κ1) is 14.0. The zero-order valence-electron chi connectivity index (χ0n) is 11.1. The van der Waals surface area contributed by atoms with Gasteiger partial charge in [-0.15, -0.1) is 0 Å². The van der Waals surface area contributed by atoms with Crippen LogP contribution in [-0.2, 0) is 6.54 Å². The summed E-state index contributed by atoms with van der Waals surface area (Å²) in [6.45, 7) is 4.00. The highest BCUT2D eigenvalue weighted by Gasteiger charge is 2.08. The Balaban J connectivity index is 2.46. The van der Waals surface area contributed by atoms with E-state index in [1.807, 2.05) is 12.1 Å². The Kier molecular flexibility index (Phi) is 6.01. The molecule has 0 heterocycles. The maximum absolute atomic E-state index is 5.53. The van der Waals surface area contributed by atoms with Crippen molar-refractivity contribution in [3.63, 3.8) is 0 Å². The predicted molar refractivity (Wildman–Crippen MR) is 72.2 cm³/mol. The van der Waals surface area contributed by atoms with E-state index in [1.165, 1.54) is 5.56 Å². The van der Waals surface area contributed by atoms with Crippen LogP contribution < -0.4 is 10.5 Å². The maximum Gasteiger partial charge on any atom is 0.118 e. The van der Waals surface area contributed by atoms with Crippen molar-refractivity contribution in [2.75, 3.05) is 20.7 Å². The molecule has 0 aliphatic heterocycles. The fourth-order valence-electron chi connectivity index (χ4n) is 1.81. The Morgan fingerprint density at radius 2 is 1.94 bits per heavy atom. The molecule has 17 heavy (non-hydrogen) atoms. The smallest absolute Gasteiger partial charge is 0.118 e. The van der Waals surface area contributed by atoms with Gasteiger partial charge in [0.2, 0.25) is 0 Å². The van der Waals surface area contributed by atoms with Crippen LogP contribution in [-0.4, -0.2) is 31.6 Å². The summed E-state index contributed by atoms with van der Waals surface area (Å²) >= 11 is 0. The van der Waals surface area contributed by atoms with E-state index in [2.05, 4.69) is 31.0 Å². The highest BCUT2D eigenvalue weighted by atomic mass is 16.5. The molecule has 0 saturated carbocycles. The van der Waals surface area contributed by atoms with Crippen LogP contribution in [0.25, 0.3) is 0 Å². The van der Waals surface area contributed by atoms with Crippen LogP contribution in [0.15, 0.2) is 24.3 Å². The molecule has 0 fully saturated rings. The van der Waals surface area contributed by atoms with Gasteiger partial charge in [0.25, 0.3) is 0 Å². The third kappa shape index (κ3) is 4.75. The second-order valence-corrected chi connectivity index (χ2v) is 4.54. The number of nitrogens with two attached hydrogens (primary N) is 1. The molecule has 1 aromatic carbocycles. The van der Waals surface area contributed by atoms with Crippen molar-refractivity contribution < 1.29 is 4.74 Å². The summed E-state index contributed by atoms with van der Waals surface area (Å²) in [5, 5.41) is 0. The van der Waals surface area contributed by atoms with E-state index in [1.54, 1.807) is 7.11 Å². The first-order valence-electron chi connectivity index (χ1n) is 6.20. The third-order valence-corrected chi connectivity index (χ3v) is 3.17. The van der Waals surface area contributed by atoms with E-state index in [0.717, 1.165) is 31.7 Å². The molecule has 1 unspecified atom stereocenters. The van der Waals surface area contributed by atoms with E-state index in [4.69, 9.17) is 10.5 Å². The topological polar surface area (TPSA) is 38.5 Å². The van der Waals surface area contributed by atoms with E-state index in [0.29, 0.717) is 6.04 Å². The van der Waals surface area contributed by atoms with Crippen molar-refractivity contribution >= 4 is 0 Å². The summed E-state index contributed by atoms with van der Waals surface area (Å²) in [7, 11) is 3.85. The lowest BCUT2D eigenvalue weighted by molar-refractivity contribution is 0.235. The molecule has 3 heteroatoms. The third-order valence-electron chi connectivity index (χ3n) is 3.17. The summed E-state index contributed by atoms with van der Waals surface area (Å²) in [5.74, 6) is 0.910. The van der Waals surface area contributed by atoms with Crippen molar-refractivity contribution in [1.82, 2.24) is 4.90 Å². The lowest BCUT2D eigenvalue weighted by Crippen LogP contribution is -2.29. The molecule has 0 aliphatic rings. The number of ether oxygens (including phenoxy) is 1. The summed E-state index contributed by atoms with van der Waals surface area (Å²) in [6.07, 6.45) is 2.25. The van der Waals surface area contributed by atoms with Crippen molar-refractivity contribution in [3.8, 4) is 5.75 Å². The lowest BCUT2D eigenvalue weighted by Gasteiger charge is -2.24. The molecule has 0 spiro atoms. The number of hydrogen-bond acceptors (Lipinski definition) is 3. The first-order valence-corrected chi connectivity index (χ1v) is 6.20. The van der Waals surface area contributed by atoms with Gasteiger partial charge >= 0.3 is 0 Å². The first-order chi connectivity index (χ1) is 8.17. The van der Waals surface area contributed by atoms with Gasteiger partial charge in [0.15, 0.2) is 0 Å². The summed E-state index contributed by atoms with van der Waals surface area (Å²) in [4.78, 5) is 2.36. The average Bonchev–Trinajstić information content (AvgIpc) is 2.36. The molecule has 0 aromatic heterocycles. The number of rotatable bonds is 7. The molecule has 1 atom stereocenters. The van der Waals surface area contributed by atoms with E-state index < -0.39 is 0 Å². The van der Waals surface area contributed by atoms with Crippen LogP contribution in [0.4, 0.5) is 0 Å². The zero-order chi connectivity index (χ0) is 12.7. The van der Waals surface area contributed by atoms with Crippen molar-refractivity contribution in [2.45, 2.75) is 32.4 Å². The van der Waals surface area contributed by atoms with Crippen LogP contribution in [0, 0.1) is 0 Å². The van der Waals surface area contributed by atoms with Crippen LogP contribution in [0.3, 0.4) is 0 Å². The number of nitrogens with zero attached hydrogens (tertiary/aromatic N) is 1. The molecular weight excluding hydrogens is 212 g/mol. The van der Waals surface area contributed by atoms with Crippen molar-refractivity contribution in [2.24, 2.45) is 5.73 Å². The number of hydrogen-bond donors (Lipinski definition) is 1. The Morgan fingerprint density at radius 3 is 2.47 bits per heavy atom. The Hall–Kier alpha value is -1.06. The van der Waals surface area contributed by atoms with Gasteiger partial charge in [-0.05, 0) is 51.1 Å². The summed E-state index contributed by atoms with van der Waals surface area (Å²) < 4.78 is 5.15. The van der Waals surface area contributed by atoms with Gasteiger partial charge in [-0.25, -0.2) is 0 Å². The molecule has 3 nitrogen and oxygen atoms in total. The molecule has 1 aromatic rings. The molecule has 0 bridgehead atoms. The normalized spacial score (nSPS) is 12.8. The van der Waals surface area contributed by atoms with Crippen molar-refractivity contribution in [3.05, 3.63) is 29.8 Å². The molecular formula is C14H24N2O. The molecule has 0 radical (unpaired) electrons.